The van der Waals surface area contributed by atoms with Crippen LogP contribution in [0.1, 0.15) is 34.8 Å². The highest BCUT2D eigenvalue weighted by molar-refractivity contribution is 5.94. The Labute approximate surface area is 118 Å². The van der Waals surface area contributed by atoms with Crippen LogP contribution in [0.5, 0.6) is 0 Å². The molecule has 3 rings (SSSR count). The van der Waals surface area contributed by atoms with Crippen molar-refractivity contribution in [2.24, 2.45) is 0 Å². The number of pyridine rings is 1. The smallest absolute Gasteiger partial charge is 0.254 e. The lowest BCUT2D eigenvalue weighted by molar-refractivity contribution is 0.0736. The van der Waals surface area contributed by atoms with Crippen LogP contribution in [0.3, 0.4) is 0 Å². The highest BCUT2D eigenvalue weighted by atomic mass is 16.2. The molecule has 4 heteroatoms. The molecule has 1 fully saturated rings. The van der Waals surface area contributed by atoms with Gasteiger partial charge in [-0.1, -0.05) is 24.3 Å². The molecule has 1 atom stereocenters. The van der Waals surface area contributed by atoms with Crippen LogP contribution in [0.4, 0.5) is 5.82 Å². The monoisotopic (exact) mass is 267 g/mol. The van der Waals surface area contributed by atoms with Crippen molar-refractivity contribution in [2.45, 2.75) is 18.9 Å². The van der Waals surface area contributed by atoms with Gasteiger partial charge in [0.2, 0.25) is 0 Å². The molecule has 1 unspecified atom stereocenters. The number of hydrogen-bond donors (Lipinski definition) is 1. The molecule has 2 N–H and O–H groups in total. The zero-order valence-corrected chi connectivity index (χ0v) is 11.2. The molecule has 102 valence electrons. The van der Waals surface area contributed by atoms with Crippen molar-refractivity contribution in [1.29, 1.82) is 0 Å². The van der Waals surface area contributed by atoms with Crippen molar-refractivity contribution in [3.05, 3.63) is 59.8 Å². The Morgan fingerprint density at radius 2 is 2.00 bits per heavy atom. The van der Waals surface area contributed by atoms with Gasteiger partial charge in [0.05, 0.1) is 6.04 Å². The third kappa shape index (κ3) is 2.25. The zero-order valence-electron chi connectivity index (χ0n) is 11.2. The number of rotatable bonds is 2. The average Bonchev–Trinajstić information content (AvgIpc) is 2.97. The van der Waals surface area contributed by atoms with E-state index in [0.717, 1.165) is 30.5 Å². The van der Waals surface area contributed by atoms with Crippen molar-refractivity contribution in [1.82, 2.24) is 9.88 Å². The van der Waals surface area contributed by atoms with Crippen LogP contribution in [-0.4, -0.2) is 22.3 Å². The van der Waals surface area contributed by atoms with Crippen molar-refractivity contribution in [3.63, 3.8) is 0 Å². The third-order valence-electron chi connectivity index (χ3n) is 3.76. The number of nitrogens with zero attached hydrogens (tertiary/aromatic N) is 2. The van der Waals surface area contributed by atoms with Crippen LogP contribution in [0.25, 0.3) is 0 Å². The number of carbonyl (C=O) groups is 1. The summed E-state index contributed by atoms with van der Waals surface area (Å²) in [6.45, 7) is 0.771. The van der Waals surface area contributed by atoms with E-state index in [0.29, 0.717) is 5.82 Å². The van der Waals surface area contributed by atoms with Crippen molar-refractivity contribution >= 4 is 11.7 Å². The first-order chi connectivity index (χ1) is 9.77. The van der Waals surface area contributed by atoms with Gasteiger partial charge < -0.3 is 10.6 Å². The molecule has 2 aromatic rings. The minimum Gasteiger partial charge on any atom is -0.383 e. The predicted octanol–water partition coefficient (Wildman–Crippen LogP) is 2.64. The number of anilines is 1. The van der Waals surface area contributed by atoms with Gasteiger partial charge in [0.15, 0.2) is 0 Å². The maximum atomic E-state index is 12.6. The Kier molecular flexibility index (Phi) is 3.37. The van der Waals surface area contributed by atoms with Crippen LogP contribution in [-0.2, 0) is 0 Å². The lowest BCUT2D eigenvalue weighted by Crippen LogP contribution is -2.31. The summed E-state index contributed by atoms with van der Waals surface area (Å²) in [4.78, 5) is 18.6. The molecule has 1 aromatic heterocycles. The van der Waals surface area contributed by atoms with Gasteiger partial charge in [-0.25, -0.2) is 4.98 Å². The predicted molar refractivity (Wildman–Crippen MR) is 78.1 cm³/mol. The normalized spacial score (nSPS) is 18.2. The van der Waals surface area contributed by atoms with Gasteiger partial charge in [-0.2, -0.15) is 0 Å². The van der Waals surface area contributed by atoms with Gasteiger partial charge in [0, 0.05) is 23.9 Å². The number of hydrogen-bond acceptors (Lipinski definition) is 3. The molecular weight excluding hydrogens is 250 g/mol. The van der Waals surface area contributed by atoms with Gasteiger partial charge in [-0.3, -0.25) is 4.79 Å². The maximum Gasteiger partial charge on any atom is 0.254 e. The first-order valence-electron chi connectivity index (χ1n) is 6.84. The Morgan fingerprint density at radius 1 is 1.20 bits per heavy atom. The summed E-state index contributed by atoms with van der Waals surface area (Å²) in [7, 11) is 0. The summed E-state index contributed by atoms with van der Waals surface area (Å²) in [6.07, 6.45) is 3.61. The summed E-state index contributed by atoms with van der Waals surface area (Å²) in [6, 6.07) is 13.3. The summed E-state index contributed by atoms with van der Waals surface area (Å²) in [5, 5.41) is 0. The molecular formula is C16H17N3O. The van der Waals surface area contributed by atoms with E-state index < -0.39 is 0 Å². The minimum atomic E-state index is 0.0383. The standard InChI is InChI=1S/C16H17N3O/c17-15-13(8-4-10-18-15)14-9-5-11-19(14)16(20)12-6-2-1-3-7-12/h1-4,6-8,10,14H,5,9,11H2,(H2,17,18). The number of nitrogens with two attached hydrogens (primary N) is 1. The maximum absolute atomic E-state index is 12.6. The molecule has 4 nitrogen and oxygen atoms in total. The van der Waals surface area contributed by atoms with E-state index in [1.54, 1.807) is 6.20 Å². The Balaban J connectivity index is 1.90. The van der Waals surface area contributed by atoms with Crippen LogP contribution in [0.2, 0.25) is 0 Å². The quantitative estimate of drug-likeness (QED) is 0.910. The van der Waals surface area contributed by atoms with Crippen molar-refractivity contribution in [3.8, 4) is 0 Å². The number of carbonyl (C=O) groups excluding carboxylic acids is 1. The second kappa shape index (κ2) is 5.33. The number of amides is 1. The average molecular weight is 267 g/mol. The van der Waals surface area contributed by atoms with Gasteiger partial charge in [-0.05, 0) is 31.0 Å². The van der Waals surface area contributed by atoms with E-state index >= 15 is 0 Å². The van der Waals surface area contributed by atoms with E-state index in [1.165, 1.54) is 0 Å². The topological polar surface area (TPSA) is 59.2 Å². The molecule has 2 heterocycles. The van der Waals surface area contributed by atoms with Gasteiger partial charge in [-0.15, -0.1) is 0 Å². The second-order valence-corrected chi connectivity index (χ2v) is 5.00. The molecule has 1 saturated heterocycles. The highest BCUT2D eigenvalue weighted by Gasteiger charge is 2.31. The molecule has 0 bridgehead atoms. The molecule has 1 aliphatic rings. The first-order valence-corrected chi connectivity index (χ1v) is 6.84. The van der Waals surface area contributed by atoms with Gasteiger partial charge in [0.1, 0.15) is 5.82 Å². The van der Waals surface area contributed by atoms with E-state index in [1.807, 2.05) is 47.4 Å². The van der Waals surface area contributed by atoms with E-state index in [2.05, 4.69) is 4.98 Å². The van der Waals surface area contributed by atoms with Gasteiger partial charge >= 0.3 is 0 Å². The Hall–Kier alpha value is -2.36. The summed E-state index contributed by atoms with van der Waals surface area (Å²) in [5.41, 5.74) is 7.63. The highest BCUT2D eigenvalue weighted by Crippen LogP contribution is 2.35. The Bertz CT molecular complexity index is 612. The molecule has 1 amide bonds. The lowest BCUT2D eigenvalue weighted by atomic mass is 10.0. The van der Waals surface area contributed by atoms with Crippen LogP contribution >= 0.6 is 0 Å². The summed E-state index contributed by atoms with van der Waals surface area (Å²) >= 11 is 0. The lowest BCUT2D eigenvalue weighted by Gasteiger charge is -2.25. The zero-order chi connectivity index (χ0) is 13.9. The van der Waals surface area contributed by atoms with Crippen molar-refractivity contribution in [2.75, 3.05) is 12.3 Å². The fourth-order valence-corrected chi connectivity index (χ4v) is 2.79. The van der Waals surface area contributed by atoms with Crippen LogP contribution < -0.4 is 5.73 Å². The summed E-state index contributed by atoms with van der Waals surface area (Å²) < 4.78 is 0. The molecule has 0 spiro atoms. The molecule has 1 aliphatic heterocycles. The Morgan fingerprint density at radius 3 is 2.75 bits per heavy atom. The molecule has 20 heavy (non-hydrogen) atoms. The molecule has 1 aromatic carbocycles. The van der Waals surface area contributed by atoms with E-state index in [9.17, 15) is 4.79 Å². The molecule has 0 radical (unpaired) electrons. The minimum absolute atomic E-state index is 0.0383. The number of likely N-dealkylation sites (tertiary alicyclic amines) is 1. The van der Waals surface area contributed by atoms with Crippen LogP contribution in [0, 0.1) is 0 Å². The van der Waals surface area contributed by atoms with Crippen molar-refractivity contribution < 1.29 is 4.79 Å². The van der Waals surface area contributed by atoms with E-state index in [-0.39, 0.29) is 11.9 Å². The number of benzene rings is 1. The van der Waals surface area contributed by atoms with Crippen LogP contribution in [0.15, 0.2) is 48.7 Å². The van der Waals surface area contributed by atoms with E-state index in [4.69, 9.17) is 5.73 Å². The third-order valence-corrected chi connectivity index (χ3v) is 3.76. The number of nitrogen functional groups attached to an aromatic ring is 1. The fourth-order valence-electron chi connectivity index (χ4n) is 2.79. The number of aromatic nitrogens is 1. The fraction of sp³-hybridized carbons (Fsp3) is 0.250. The first kappa shape index (κ1) is 12.7. The molecule has 0 aliphatic carbocycles. The molecule has 0 saturated carbocycles. The summed E-state index contributed by atoms with van der Waals surface area (Å²) in [5.74, 6) is 0.585. The largest absolute Gasteiger partial charge is 0.383 e. The SMILES string of the molecule is Nc1ncccc1C1CCCN1C(=O)c1ccccc1. The van der Waals surface area contributed by atoms with Gasteiger partial charge in [0.25, 0.3) is 5.91 Å². The second-order valence-electron chi connectivity index (χ2n) is 5.00.